The van der Waals surface area contributed by atoms with Crippen LogP contribution in [0, 0.1) is 0 Å². The van der Waals surface area contributed by atoms with E-state index < -0.39 is 0 Å². The van der Waals surface area contributed by atoms with Gasteiger partial charge in [-0.1, -0.05) is 23.2 Å². The van der Waals surface area contributed by atoms with E-state index in [1.165, 1.54) is 4.90 Å². The molecule has 1 atom stereocenters. The summed E-state index contributed by atoms with van der Waals surface area (Å²) in [5, 5.41) is 9.83. The lowest BCUT2D eigenvalue weighted by Gasteiger charge is -2.23. The van der Waals surface area contributed by atoms with Gasteiger partial charge in [0.1, 0.15) is 5.75 Å². The largest absolute Gasteiger partial charge is 0.493 e. The Kier molecular flexibility index (Phi) is 6.42. The van der Waals surface area contributed by atoms with E-state index in [0.717, 1.165) is 0 Å². The van der Waals surface area contributed by atoms with E-state index in [-0.39, 0.29) is 31.6 Å². The van der Waals surface area contributed by atoms with Gasteiger partial charge in [-0.3, -0.25) is 4.79 Å². The van der Waals surface area contributed by atoms with Gasteiger partial charge < -0.3 is 14.7 Å². The summed E-state index contributed by atoms with van der Waals surface area (Å²) < 4.78 is 5.42. The van der Waals surface area contributed by atoms with Gasteiger partial charge in [-0.05, 0) is 19.1 Å². The van der Waals surface area contributed by atoms with Crippen molar-refractivity contribution in [1.29, 1.82) is 0 Å². The van der Waals surface area contributed by atoms with Crippen LogP contribution in [0.2, 0.25) is 10.0 Å². The second-order valence-electron chi connectivity index (χ2n) is 4.21. The van der Waals surface area contributed by atoms with E-state index in [2.05, 4.69) is 0 Å². The maximum absolute atomic E-state index is 11.7. The fraction of sp³-hybridized carbons (Fsp3) is 0.462. The number of rotatable bonds is 6. The van der Waals surface area contributed by atoms with Crippen LogP contribution < -0.4 is 4.74 Å². The summed E-state index contributed by atoms with van der Waals surface area (Å²) in [6.45, 7) is 1.97. The van der Waals surface area contributed by atoms with Crippen molar-refractivity contribution < 1.29 is 14.6 Å². The van der Waals surface area contributed by atoms with Gasteiger partial charge in [0.05, 0.1) is 35.7 Å². The fourth-order valence-electron chi connectivity index (χ4n) is 1.37. The van der Waals surface area contributed by atoms with E-state index in [4.69, 9.17) is 33.0 Å². The number of nitrogens with zero attached hydrogens (tertiary/aromatic N) is 1. The predicted molar refractivity (Wildman–Crippen MR) is 75.9 cm³/mol. The highest BCUT2D eigenvalue weighted by Crippen LogP contribution is 2.26. The Morgan fingerprint density at radius 2 is 2.11 bits per heavy atom. The molecule has 4 nitrogen and oxygen atoms in total. The quantitative estimate of drug-likeness (QED) is 0.879. The van der Waals surface area contributed by atoms with Crippen molar-refractivity contribution in [1.82, 2.24) is 4.90 Å². The lowest BCUT2D eigenvalue weighted by atomic mass is 10.3. The predicted octanol–water partition coefficient (Wildman–Crippen LogP) is 2.60. The Labute approximate surface area is 122 Å². The molecular formula is C13H17Cl2NO3. The van der Waals surface area contributed by atoms with Crippen LogP contribution >= 0.6 is 23.2 Å². The zero-order valence-electron chi connectivity index (χ0n) is 10.9. The molecule has 0 aliphatic carbocycles. The van der Waals surface area contributed by atoms with Gasteiger partial charge in [-0.15, -0.1) is 0 Å². The summed E-state index contributed by atoms with van der Waals surface area (Å²) >= 11 is 11.6. The SMILES string of the molecule is CC(CO)N(C)C(=O)CCOc1ccc(Cl)c(Cl)c1. The number of halogens is 2. The second-order valence-corrected chi connectivity index (χ2v) is 5.03. The molecule has 0 saturated heterocycles. The Morgan fingerprint density at radius 3 is 2.68 bits per heavy atom. The normalized spacial score (nSPS) is 12.1. The number of aliphatic hydroxyl groups excluding tert-OH is 1. The van der Waals surface area contributed by atoms with Crippen molar-refractivity contribution in [2.24, 2.45) is 0 Å². The van der Waals surface area contributed by atoms with Crippen molar-refractivity contribution in [2.75, 3.05) is 20.3 Å². The molecule has 6 heteroatoms. The first kappa shape index (κ1) is 16.1. The first-order chi connectivity index (χ1) is 8.95. The number of carbonyl (C=O) groups excluding carboxylic acids is 1. The van der Waals surface area contributed by atoms with Crippen LogP contribution in [0.3, 0.4) is 0 Å². The fourth-order valence-corrected chi connectivity index (χ4v) is 1.66. The Bertz CT molecular complexity index is 440. The third-order valence-electron chi connectivity index (χ3n) is 2.79. The standard InChI is InChI=1S/C13H17Cl2NO3/c1-9(8-17)16(2)13(18)5-6-19-10-3-4-11(14)12(15)7-10/h3-4,7,9,17H,5-6,8H2,1-2H3. The van der Waals surface area contributed by atoms with Crippen LogP contribution in [-0.4, -0.2) is 42.2 Å². The van der Waals surface area contributed by atoms with E-state index in [9.17, 15) is 4.79 Å². The van der Waals surface area contributed by atoms with Crippen molar-refractivity contribution in [3.8, 4) is 5.75 Å². The molecule has 0 heterocycles. The summed E-state index contributed by atoms with van der Waals surface area (Å²) in [7, 11) is 1.66. The summed E-state index contributed by atoms with van der Waals surface area (Å²) in [4.78, 5) is 13.2. The summed E-state index contributed by atoms with van der Waals surface area (Å²) in [6, 6.07) is 4.74. The molecule has 0 fully saturated rings. The Morgan fingerprint density at radius 1 is 1.42 bits per heavy atom. The van der Waals surface area contributed by atoms with E-state index in [0.29, 0.717) is 15.8 Å². The Balaban J connectivity index is 2.41. The van der Waals surface area contributed by atoms with Crippen molar-refractivity contribution in [3.05, 3.63) is 28.2 Å². The molecule has 0 radical (unpaired) electrons. The monoisotopic (exact) mass is 305 g/mol. The minimum Gasteiger partial charge on any atom is -0.493 e. The average Bonchev–Trinajstić information content (AvgIpc) is 2.40. The highest BCUT2D eigenvalue weighted by atomic mass is 35.5. The van der Waals surface area contributed by atoms with E-state index >= 15 is 0 Å². The molecule has 1 N–H and O–H groups in total. The molecule has 0 aliphatic heterocycles. The highest BCUT2D eigenvalue weighted by Gasteiger charge is 2.14. The van der Waals surface area contributed by atoms with E-state index in [1.54, 1.807) is 32.2 Å². The van der Waals surface area contributed by atoms with Crippen LogP contribution in [0.5, 0.6) is 5.75 Å². The molecule has 1 rings (SSSR count). The molecule has 1 unspecified atom stereocenters. The number of carbonyl (C=O) groups is 1. The number of benzene rings is 1. The van der Waals surface area contributed by atoms with Crippen LogP contribution in [0.15, 0.2) is 18.2 Å². The number of hydrogen-bond acceptors (Lipinski definition) is 3. The third kappa shape index (κ3) is 4.90. The minimum atomic E-state index is -0.197. The first-order valence-corrected chi connectivity index (χ1v) is 6.65. The number of aliphatic hydroxyl groups is 1. The van der Waals surface area contributed by atoms with E-state index in [1.807, 2.05) is 0 Å². The average molecular weight is 306 g/mol. The molecular weight excluding hydrogens is 289 g/mol. The van der Waals surface area contributed by atoms with Crippen LogP contribution in [0.4, 0.5) is 0 Å². The maximum Gasteiger partial charge on any atom is 0.226 e. The maximum atomic E-state index is 11.7. The molecule has 19 heavy (non-hydrogen) atoms. The zero-order chi connectivity index (χ0) is 14.4. The second kappa shape index (κ2) is 7.58. The lowest BCUT2D eigenvalue weighted by Crippen LogP contribution is -2.37. The molecule has 1 amide bonds. The van der Waals surface area contributed by atoms with Gasteiger partial charge in [0.2, 0.25) is 5.91 Å². The summed E-state index contributed by atoms with van der Waals surface area (Å²) in [6.07, 6.45) is 0.237. The van der Waals surface area contributed by atoms with Crippen LogP contribution in [-0.2, 0) is 4.79 Å². The molecule has 1 aromatic carbocycles. The van der Waals surface area contributed by atoms with Crippen molar-refractivity contribution in [3.63, 3.8) is 0 Å². The van der Waals surface area contributed by atoms with Crippen LogP contribution in [0.25, 0.3) is 0 Å². The van der Waals surface area contributed by atoms with Crippen LogP contribution in [0.1, 0.15) is 13.3 Å². The lowest BCUT2D eigenvalue weighted by molar-refractivity contribution is -0.132. The highest BCUT2D eigenvalue weighted by molar-refractivity contribution is 6.42. The zero-order valence-corrected chi connectivity index (χ0v) is 12.4. The van der Waals surface area contributed by atoms with Gasteiger partial charge >= 0.3 is 0 Å². The molecule has 0 saturated carbocycles. The van der Waals surface area contributed by atoms with Crippen molar-refractivity contribution in [2.45, 2.75) is 19.4 Å². The summed E-state index contributed by atoms with van der Waals surface area (Å²) in [5.74, 6) is 0.488. The number of likely N-dealkylation sites (N-methyl/N-ethyl adjacent to an activating group) is 1. The van der Waals surface area contributed by atoms with Gasteiger partial charge in [-0.25, -0.2) is 0 Å². The number of ether oxygens (including phenoxy) is 1. The summed E-state index contributed by atoms with van der Waals surface area (Å²) in [5.41, 5.74) is 0. The minimum absolute atomic E-state index is 0.0596. The van der Waals surface area contributed by atoms with Gasteiger partial charge in [0.15, 0.2) is 0 Å². The molecule has 0 spiro atoms. The first-order valence-electron chi connectivity index (χ1n) is 5.90. The topological polar surface area (TPSA) is 49.8 Å². The molecule has 0 aromatic heterocycles. The van der Waals surface area contributed by atoms with Gasteiger partial charge in [-0.2, -0.15) is 0 Å². The van der Waals surface area contributed by atoms with Gasteiger partial charge in [0.25, 0.3) is 0 Å². The molecule has 0 aliphatic rings. The Hall–Kier alpha value is -0.970. The number of hydrogen-bond donors (Lipinski definition) is 1. The third-order valence-corrected chi connectivity index (χ3v) is 3.53. The smallest absolute Gasteiger partial charge is 0.226 e. The van der Waals surface area contributed by atoms with Crippen molar-refractivity contribution >= 4 is 29.1 Å². The number of amides is 1. The molecule has 1 aromatic rings. The molecule has 106 valence electrons. The molecule has 0 bridgehead atoms. The van der Waals surface area contributed by atoms with Gasteiger partial charge in [0, 0.05) is 13.1 Å².